The van der Waals surface area contributed by atoms with Crippen LogP contribution in [0.15, 0.2) is 73.3 Å². The van der Waals surface area contributed by atoms with Gasteiger partial charge in [0.25, 0.3) is 0 Å². The van der Waals surface area contributed by atoms with Crippen molar-refractivity contribution in [2.45, 2.75) is 19.3 Å². The summed E-state index contributed by atoms with van der Waals surface area (Å²) in [7, 11) is 0. The Kier molecular flexibility index (Phi) is 4.58. The molecule has 2 aromatic rings. The number of alkyl halides is 1. The van der Waals surface area contributed by atoms with Gasteiger partial charge >= 0.3 is 0 Å². The quantitative estimate of drug-likeness (QED) is 0.303. The summed E-state index contributed by atoms with van der Waals surface area (Å²) in [4.78, 5) is 0. The Hall–Kier alpha value is -1.61. The van der Waals surface area contributed by atoms with Crippen molar-refractivity contribution >= 4 is 28.2 Å². The zero-order valence-corrected chi connectivity index (χ0v) is 15.8. The predicted octanol–water partition coefficient (Wildman–Crippen LogP) is 6.55. The normalized spacial score (nSPS) is 15.5. The first-order valence-electron chi connectivity index (χ1n) is 7.89. The van der Waals surface area contributed by atoms with E-state index in [9.17, 15) is 0 Å². The maximum atomic E-state index is 3.86. The first kappa shape index (κ1) is 16.3. The van der Waals surface area contributed by atoms with Gasteiger partial charge in [0.2, 0.25) is 0 Å². The average Bonchev–Trinajstić information content (AvgIpc) is 2.80. The van der Waals surface area contributed by atoms with Crippen LogP contribution in [0.3, 0.4) is 0 Å². The molecular weight excluding hydrogens is 391 g/mol. The van der Waals surface area contributed by atoms with Crippen molar-refractivity contribution in [1.82, 2.24) is 0 Å². The van der Waals surface area contributed by atoms with Crippen molar-refractivity contribution in [1.29, 1.82) is 0 Å². The summed E-state index contributed by atoms with van der Waals surface area (Å²) in [6.07, 6.45) is 8.31. The first-order chi connectivity index (χ1) is 11.1. The van der Waals surface area contributed by atoms with Gasteiger partial charge in [0.05, 0.1) is 0 Å². The summed E-state index contributed by atoms with van der Waals surface area (Å²) in [6.45, 7) is 8.49. The molecule has 1 aliphatic carbocycles. The van der Waals surface area contributed by atoms with E-state index in [2.05, 4.69) is 104 Å². The van der Waals surface area contributed by atoms with Crippen LogP contribution in [-0.2, 0) is 5.41 Å². The molecule has 0 amide bonds. The monoisotopic (exact) mass is 412 g/mol. The van der Waals surface area contributed by atoms with E-state index in [4.69, 9.17) is 0 Å². The van der Waals surface area contributed by atoms with Gasteiger partial charge in [-0.1, -0.05) is 104 Å². The van der Waals surface area contributed by atoms with Gasteiger partial charge in [-0.15, -0.1) is 0 Å². The molecule has 2 aromatic carbocycles. The third-order valence-electron chi connectivity index (χ3n) is 4.60. The van der Waals surface area contributed by atoms with Crippen LogP contribution in [0.4, 0.5) is 0 Å². The second-order valence-corrected chi connectivity index (χ2v) is 7.23. The maximum Gasteiger partial charge on any atom is 0.0179 e. The molecular formula is C22H21I. The SMILES string of the molecule is C=C/C=C(\C=C/CI)c1ccc2c(c1)C(C)(C)c1ccccc1-2. The zero-order valence-electron chi connectivity index (χ0n) is 13.6. The fourth-order valence-corrected chi connectivity index (χ4v) is 3.68. The van der Waals surface area contributed by atoms with Crippen molar-refractivity contribution in [3.8, 4) is 11.1 Å². The number of benzene rings is 2. The Balaban J connectivity index is 2.15. The molecule has 0 aromatic heterocycles. The van der Waals surface area contributed by atoms with Gasteiger partial charge in [0, 0.05) is 9.84 Å². The van der Waals surface area contributed by atoms with E-state index in [1.165, 1.54) is 33.4 Å². The fraction of sp³-hybridized carbons (Fsp3) is 0.182. The number of hydrogen-bond acceptors (Lipinski definition) is 0. The van der Waals surface area contributed by atoms with Gasteiger partial charge in [0.1, 0.15) is 0 Å². The molecule has 0 bridgehead atoms. The maximum absolute atomic E-state index is 3.86. The molecule has 1 aliphatic rings. The lowest BCUT2D eigenvalue weighted by Gasteiger charge is -2.22. The molecule has 3 rings (SSSR count). The molecule has 0 heterocycles. The van der Waals surface area contributed by atoms with Gasteiger partial charge in [-0.3, -0.25) is 0 Å². The summed E-state index contributed by atoms with van der Waals surface area (Å²) < 4.78 is 1.01. The van der Waals surface area contributed by atoms with Crippen LogP contribution >= 0.6 is 22.6 Å². The van der Waals surface area contributed by atoms with E-state index in [1.54, 1.807) is 0 Å². The molecule has 116 valence electrons. The Bertz CT molecular complexity index is 806. The second kappa shape index (κ2) is 6.48. The Morgan fingerprint density at radius 3 is 2.57 bits per heavy atom. The van der Waals surface area contributed by atoms with E-state index in [-0.39, 0.29) is 5.41 Å². The molecule has 0 radical (unpaired) electrons. The third-order valence-corrected chi connectivity index (χ3v) is 5.11. The highest BCUT2D eigenvalue weighted by Crippen LogP contribution is 2.49. The molecule has 0 saturated heterocycles. The lowest BCUT2D eigenvalue weighted by molar-refractivity contribution is 0.660. The van der Waals surface area contributed by atoms with Crippen molar-refractivity contribution < 1.29 is 0 Å². The summed E-state index contributed by atoms with van der Waals surface area (Å²) in [5, 5.41) is 0. The number of rotatable bonds is 4. The molecule has 23 heavy (non-hydrogen) atoms. The van der Waals surface area contributed by atoms with Crippen molar-refractivity contribution in [2.24, 2.45) is 0 Å². The molecule has 0 aliphatic heterocycles. The van der Waals surface area contributed by atoms with Crippen molar-refractivity contribution in [2.75, 3.05) is 4.43 Å². The molecule has 0 atom stereocenters. The van der Waals surface area contributed by atoms with Gasteiger partial charge in [0.15, 0.2) is 0 Å². The second-order valence-electron chi connectivity index (χ2n) is 6.35. The van der Waals surface area contributed by atoms with Gasteiger partial charge in [-0.05, 0) is 39.5 Å². The summed E-state index contributed by atoms with van der Waals surface area (Å²) in [5.41, 5.74) is 8.09. The minimum atomic E-state index is 0.0498. The van der Waals surface area contributed by atoms with Gasteiger partial charge in [-0.25, -0.2) is 0 Å². The minimum Gasteiger partial charge on any atom is -0.0990 e. The zero-order chi connectivity index (χ0) is 16.4. The van der Waals surface area contributed by atoms with Crippen LogP contribution in [0.5, 0.6) is 0 Å². The van der Waals surface area contributed by atoms with Crippen LogP contribution in [-0.4, -0.2) is 4.43 Å². The fourth-order valence-electron chi connectivity index (χ4n) is 3.43. The average molecular weight is 412 g/mol. The Morgan fingerprint density at radius 2 is 1.83 bits per heavy atom. The van der Waals surface area contributed by atoms with E-state index in [0.29, 0.717) is 0 Å². The summed E-state index contributed by atoms with van der Waals surface area (Å²) >= 11 is 2.36. The molecule has 0 N–H and O–H groups in total. The van der Waals surface area contributed by atoms with Gasteiger partial charge < -0.3 is 0 Å². The van der Waals surface area contributed by atoms with E-state index >= 15 is 0 Å². The van der Waals surface area contributed by atoms with Crippen LogP contribution in [0, 0.1) is 0 Å². The largest absolute Gasteiger partial charge is 0.0990 e. The smallest absolute Gasteiger partial charge is 0.0179 e. The number of allylic oxidation sites excluding steroid dienone is 5. The van der Waals surface area contributed by atoms with Crippen LogP contribution in [0.25, 0.3) is 16.7 Å². The number of halogens is 1. The summed E-state index contributed by atoms with van der Waals surface area (Å²) in [5.74, 6) is 0. The molecule has 0 saturated carbocycles. The topological polar surface area (TPSA) is 0 Å². The Labute approximate surface area is 152 Å². The highest BCUT2D eigenvalue weighted by molar-refractivity contribution is 14.1. The lowest BCUT2D eigenvalue weighted by atomic mass is 9.81. The highest BCUT2D eigenvalue weighted by atomic mass is 127. The molecule has 0 fully saturated rings. The van der Waals surface area contributed by atoms with Gasteiger partial charge in [-0.2, -0.15) is 0 Å². The number of hydrogen-bond donors (Lipinski definition) is 0. The molecule has 0 unspecified atom stereocenters. The highest BCUT2D eigenvalue weighted by Gasteiger charge is 2.35. The molecule has 1 heteroatoms. The van der Waals surface area contributed by atoms with E-state index in [1.807, 2.05) is 6.08 Å². The summed E-state index contributed by atoms with van der Waals surface area (Å²) in [6, 6.07) is 15.6. The van der Waals surface area contributed by atoms with Crippen LogP contribution in [0.2, 0.25) is 0 Å². The van der Waals surface area contributed by atoms with Crippen molar-refractivity contribution in [3.05, 3.63) is 90.0 Å². The standard InChI is InChI=1S/C22H21I/c1-4-8-16(9-7-14-23)17-12-13-19-18-10-5-6-11-20(18)22(2,3)21(19)15-17/h4-13,15H,1,14H2,2-3H3/b9-7-,16-8+. The minimum absolute atomic E-state index is 0.0498. The van der Waals surface area contributed by atoms with Crippen molar-refractivity contribution in [3.63, 3.8) is 0 Å². The third kappa shape index (κ3) is 2.83. The number of fused-ring (bicyclic) bond motifs is 3. The predicted molar refractivity (Wildman–Crippen MR) is 110 cm³/mol. The van der Waals surface area contributed by atoms with E-state index < -0.39 is 0 Å². The lowest BCUT2D eigenvalue weighted by Crippen LogP contribution is -2.15. The van der Waals surface area contributed by atoms with Crippen LogP contribution in [0.1, 0.15) is 30.5 Å². The molecule has 0 nitrogen and oxygen atoms in total. The molecule has 0 spiro atoms. The van der Waals surface area contributed by atoms with E-state index in [0.717, 1.165) is 4.43 Å². The van der Waals surface area contributed by atoms with Crippen LogP contribution < -0.4 is 0 Å². The Morgan fingerprint density at radius 1 is 1.09 bits per heavy atom. The first-order valence-corrected chi connectivity index (χ1v) is 9.42.